The molecule has 120 valence electrons. The van der Waals surface area contributed by atoms with E-state index in [1.165, 1.54) is 0 Å². The van der Waals surface area contributed by atoms with E-state index in [1.54, 1.807) is 14.0 Å². The molecule has 0 spiro atoms. The number of anilines is 1. The molecular weight excluding hydrogens is 298 g/mol. The molecule has 0 radical (unpaired) electrons. The van der Waals surface area contributed by atoms with Crippen molar-refractivity contribution in [3.05, 3.63) is 23.8 Å². The van der Waals surface area contributed by atoms with Gasteiger partial charge in [-0.3, -0.25) is 4.79 Å². The molecule has 0 aromatic heterocycles. The number of amides is 1. The van der Waals surface area contributed by atoms with Gasteiger partial charge in [0.2, 0.25) is 5.91 Å². The number of ether oxygens (including phenoxy) is 1. The summed E-state index contributed by atoms with van der Waals surface area (Å²) in [4.78, 5) is 15.5. The molecule has 1 aromatic carbocycles. The third-order valence-electron chi connectivity index (χ3n) is 3.83. The summed E-state index contributed by atoms with van der Waals surface area (Å²) < 4.78 is 5.37. The van der Waals surface area contributed by atoms with E-state index in [-0.39, 0.29) is 5.91 Å². The van der Waals surface area contributed by atoms with Crippen molar-refractivity contribution in [3.8, 4) is 5.75 Å². The maximum atomic E-state index is 11.5. The molecule has 2 rings (SSSR count). The molecule has 0 aliphatic carbocycles. The van der Waals surface area contributed by atoms with E-state index in [0.29, 0.717) is 11.7 Å². The number of rotatable bonds is 2. The molecular formula is C16H23N3O2S. The summed E-state index contributed by atoms with van der Waals surface area (Å²) in [5.74, 6) is 0.897. The Balaban J connectivity index is 2.03. The van der Waals surface area contributed by atoms with E-state index in [1.807, 2.05) is 30.0 Å². The summed E-state index contributed by atoms with van der Waals surface area (Å²) in [5, 5.41) is 3.95. The van der Waals surface area contributed by atoms with Crippen LogP contribution in [0.4, 0.5) is 5.69 Å². The quantitative estimate of drug-likeness (QED) is 0.847. The second-order valence-electron chi connectivity index (χ2n) is 5.48. The highest BCUT2D eigenvalue weighted by Gasteiger charge is 2.19. The third kappa shape index (κ3) is 4.10. The van der Waals surface area contributed by atoms with Crippen LogP contribution in [0.5, 0.6) is 5.75 Å². The van der Waals surface area contributed by atoms with Gasteiger partial charge in [0, 0.05) is 33.1 Å². The predicted octanol–water partition coefficient (Wildman–Crippen LogP) is 2.25. The Bertz CT molecular complexity index is 562. The molecule has 1 fully saturated rings. The Hall–Kier alpha value is -1.82. The third-order valence-corrected chi connectivity index (χ3v) is 4.19. The number of carbonyl (C=O) groups excluding carboxylic acids is 1. The van der Waals surface area contributed by atoms with Gasteiger partial charge in [0.25, 0.3) is 0 Å². The van der Waals surface area contributed by atoms with Gasteiger partial charge in [-0.15, -0.1) is 0 Å². The number of methoxy groups -OCH3 is 1. The summed E-state index contributed by atoms with van der Waals surface area (Å²) in [6.45, 7) is 6.75. The van der Waals surface area contributed by atoms with E-state index in [0.717, 1.165) is 43.1 Å². The van der Waals surface area contributed by atoms with Crippen molar-refractivity contribution in [1.82, 2.24) is 9.80 Å². The van der Waals surface area contributed by atoms with Crippen LogP contribution in [0, 0.1) is 6.92 Å². The number of nitrogens with one attached hydrogen (secondary N) is 1. The molecule has 0 bridgehead atoms. The van der Waals surface area contributed by atoms with Crippen LogP contribution >= 0.6 is 12.2 Å². The molecule has 5 nitrogen and oxygen atoms in total. The highest BCUT2D eigenvalue weighted by molar-refractivity contribution is 7.80. The second kappa shape index (κ2) is 7.45. The van der Waals surface area contributed by atoms with Gasteiger partial charge in [-0.1, -0.05) is 6.07 Å². The minimum absolute atomic E-state index is 0.126. The van der Waals surface area contributed by atoms with Gasteiger partial charge in [-0.05, 0) is 43.3 Å². The zero-order valence-electron chi connectivity index (χ0n) is 13.4. The minimum Gasteiger partial charge on any atom is -0.495 e. The van der Waals surface area contributed by atoms with Crippen molar-refractivity contribution in [3.63, 3.8) is 0 Å². The van der Waals surface area contributed by atoms with Crippen molar-refractivity contribution in [1.29, 1.82) is 0 Å². The van der Waals surface area contributed by atoms with Gasteiger partial charge in [0.1, 0.15) is 5.75 Å². The minimum atomic E-state index is 0.126. The molecule has 1 heterocycles. The molecule has 6 heteroatoms. The Labute approximate surface area is 137 Å². The van der Waals surface area contributed by atoms with Crippen molar-refractivity contribution in [2.45, 2.75) is 20.3 Å². The van der Waals surface area contributed by atoms with Gasteiger partial charge in [-0.25, -0.2) is 0 Å². The van der Waals surface area contributed by atoms with Crippen molar-refractivity contribution in [2.24, 2.45) is 0 Å². The largest absolute Gasteiger partial charge is 0.495 e. The molecule has 0 unspecified atom stereocenters. The summed E-state index contributed by atoms with van der Waals surface area (Å²) in [6, 6.07) is 5.95. The Morgan fingerprint density at radius 3 is 2.59 bits per heavy atom. The first kappa shape index (κ1) is 16.5. The fourth-order valence-corrected chi connectivity index (χ4v) is 2.84. The average Bonchev–Trinajstić information content (AvgIpc) is 2.73. The van der Waals surface area contributed by atoms with Crippen LogP contribution in [0.3, 0.4) is 0 Å². The Morgan fingerprint density at radius 1 is 1.23 bits per heavy atom. The lowest BCUT2D eigenvalue weighted by atomic mass is 10.2. The summed E-state index contributed by atoms with van der Waals surface area (Å²) >= 11 is 5.53. The van der Waals surface area contributed by atoms with E-state index >= 15 is 0 Å². The maximum absolute atomic E-state index is 11.5. The predicted molar refractivity (Wildman–Crippen MR) is 92.4 cm³/mol. The number of carbonyl (C=O) groups is 1. The molecule has 1 amide bonds. The van der Waals surface area contributed by atoms with Crippen LogP contribution in [0.15, 0.2) is 18.2 Å². The van der Waals surface area contributed by atoms with Crippen molar-refractivity contribution in [2.75, 3.05) is 38.6 Å². The molecule has 22 heavy (non-hydrogen) atoms. The van der Waals surface area contributed by atoms with Crippen molar-refractivity contribution < 1.29 is 9.53 Å². The van der Waals surface area contributed by atoms with Crippen LogP contribution < -0.4 is 10.1 Å². The maximum Gasteiger partial charge on any atom is 0.219 e. The molecule has 0 atom stereocenters. The van der Waals surface area contributed by atoms with E-state index in [4.69, 9.17) is 17.0 Å². The SMILES string of the molecule is COc1ccc(C)cc1NC(=S)N1CCCN(C(C)=O)CC1. The van der Waals surface area contributed by atoms with Crippen LogP contribution in [-0.4, -0.2) is 54.1 Å². The van der Waals surface area contributed by atoms with E-state index < -0.39 is 0 Å². The highest BCUT2D eigenvalue weighted by Crippen LogP contribution is 2.25. The number of nitrogens with zero attached hydrogens (tertiary/aromatic N) is 2. The smallest absolute Gasteiger partial charge is 0.219 e. The topological polar surface area (TPSA) is 44.8 Å². The van der Waals surface area contributed by atoms with Crippen LogP contribution in [0.1, 0.15) is 18.9 Å². The molecule has 1 saturated heterocycles. The molecule has 1 N–H and O–H groups in total. The Kier molecular flexibility index (Phi) is 5.60. The number of aryl methyl sites for hydroxylation is 1. The van der Waals surface area contributed by atoms with Gasteiger partial charge in [0.05, 0.1) is 12.8 Å². The van der Waals surface area contributed by atoms with Gasteiger partial charge in [-0.2, -0.15) is 0 Å². The van der Waals surface area contributed by atoms with Gasteiger partial charge >= 0.3 is 0 Å². The molecule has 1 aromatic rings. The highest BCUT2D eigenvalue weighted by atomic mass is 32.1. The lowest BCUT2D eigenvalue weighted by Gasteiger charge is -2.25. The molecule has 1 aliphatic heterocycles. The lowest BCUT2D eigenvalue weighted by Crippen LogP contribution is -2.38. The second-order valence-corrected chi connectivity index (χ2v) is 5.87. The number of hydrogen-bond donors (Lipinski definition) is 1. The number of benzene rings is 1. The zero-order valence-corrected chi connectivity index (χ0v) is 14.2. The van der Waals surface area contributed by atoms with Crippen LogP contribution in [0.25, 0.3) is 0 Å². The van der Waals surface area contributed by atoms with Crippen LogP contribution in [-0.2, 0) is 4.79 Å². The zero-order chi connectivity index (χ0) is 16.1. The van der Waals surface area contributed by atoms with E-state index in [9.17, 15) is 4.79 Å². The number of hydrogen-bond acceptors (Lipinski definition) is 3. The lowest BCUT2D eigenvalue weighted by molar-refractivity contribution is -0.128. The molecule has 0 saturated carbocycles. The first-order chi connectivity index (χ1) is 10.5. The normalized spacial score (nSPS) is 15.2. The standard InChI is InChI=1S/C16H23N3O2S/c1-12-5-6-15(21-3)14(11-12)17-16(22)19-8-4-7-18(9-10-19)13(2)20/h5-6,11H,4,7-10H2,1-3H3,(H,17,22). The Morgan fingerprint density at radius 2 is 1.91 bits per heavy atom. The van der Waals surface area contributed by atoms with E-state index in [2.05, 4.69) is 10.2 Å². The molecule has 1 aliphatic rings. The summed E-state index contributed by atoms with van der Waals surface area (Å²) in [6.07, 6.45) is 0.923. The monoisotopic (exact) mass is 321 g/mol. The van der Waals surface area contributed by atoms with Crippen LogP contribution in [0.2, 0.25) is 0 Å². The summed E-state index contributed by atoms with van der Waals surface area (Å²) in [5.41, 5.74) is 2.02. The van der Waals surface area contributed by atoms with Crippen molar-refractivity contribution >= 4 is 28.9 Å². The average molecular weight is 321 g/mol. The first-order valence-electron chi connectivity index (χ1n) is 7.47. The van der Waals surface area contributed by atoms with Gasteiger partial charge < -0.3 is 19.9 Å². The fourth-order valence-electron chi connectivity index (χ4n) is 2.55. The van der Waals surface area contributed by atoms with Gasteiger partial charge in [0.15, 0.2) is 5.11 Å². The number of thiocarbonyl (C=S) groups is 1. The summed E-state index contributed by atoms with van der Waals surface area (Å²) in [7, 11) is 1.65. The first-order valence-corrected chi connectivity index (χ1v) is 7.88. The fraction of sp³-hybridized carbons (Fsp3) is 0.500.